The molecule has 33 heavy (non-hydrogen) atoms. The van der Waals surface area contributed by atoms with Crippen LogP contribution < -0.4 is 4.74 Å². The lowest BCUT2D eigenvalue weighted by molar-refractivity contribution is -0.136. The Kier molecular flexibility index (Phi) is 6.10. The number of benzene rings is 1. The van der Waals surface area contributed by atoms with Gasteiger partial charge in [-0.15, -0.1) is 11.8 Å². The van der Waals surface area contributed by atoms with Crippen molar-refractivity contribution in [3.05, 3.63) is 59.7 Å². The third-order valence-electron chi connectivity index (χ3n) is 6.57. The number of hydrogen-bond acceptors (Lipinski definition) is 6. The van der Waals surface area contributed by atoms with E-state index in [4.69, 9.17) is 14.7 Å². The summed E-state index contributed by atoms with van der Waals surface area (Å²) in [5, 5.41) is 1.02. The minimum atomic E-state index is -0.366. The van der Waals surface area contributed by atoms with Gasteiger partial charge in [0.25, 0.3) is 0 Å². The third kappa shape index (κ3) is 4.24. The van der Waals surface area contributed by atoms with Crippen LogP contribution in [0.5, 0.6) is 5.88 Å². The Morgan fingerprint density at radius 3 is 2.82 bits per heavy atom. The Bertz CT molecular complexity index is 1190. The average molecular weight is 464 g/mol. The molecule has 1 saturated heterocycles. The summed E-state index contributed by atoms with van der Waals surface area (Å²) >= 11 is 1.70. The molecule has 0 aliphatic carbocycles. The van der Waals surface area contributed by atoms with Gasteiger partial charge in [0.2, 0.25) is 11.8 Å². The van der Waals surface area contributed by atoms with Gasteiger partial charge in [-0.05, 0) is 38.7 Å². The van der Waals surface area contributed by atoms with Gasteiger partial charge in [0.05, 0.1) is 28.7 Å². The predicted octanol–water partition coefficient (Wildman–Crippen LogP) is 4.25. The smallest absolute Gasteiger partial charge is 0.249 e. The first-order valence-electron chi connectivity index (χ1n) is 11.5. The van der Waals surface area contributed by atoms with Gasteiger partial charge in [0, 0.05) is 25.2 Å². The van der Waals surface area contributed by atoms with Crippen LogP contribution in [0.2, 0.25) is 0 Å². The van der Waals surface area contributed by atoms with Crippen LogP contribution in [0.4, 0.5) is 0 Å². The number of nitrogens with zero attached hydrogens (tertiary/aromatic N) is 5. The second-order valence-electron chi connectivity index (χ2n) is 8.77. The van der Waals surface area contributed by atoms with E-state index < -0.39 is 0 Å². The van der Waals surface area contributed by atoms with Crippen molar-refractivity contribution in [2.45, 2.75) is 56.9 Å². The highest BCUT2D eigenvalue weighted by Crippen LogP contribution is 2.41. The summed E-state index contributed by atoms with van der Waals surface area (Å²) < 4.78 is 7.28. The van der Waals surface area contributed by atoms with Crippen molar-refractivity contribution in [1.82, 2.24) is 19.3 Å². The van der Waals surface area contributed by atoms with Gasteiger partial charge in [-0.2, -0.15) is 0 Å². The van der Waals surface area contributed by atoms with Gasteiger partial charge in [0.15, 0.2) is 0 Å². The molecule has 2 aromatic heterocycles. The van der Waals surface area contributed by atoms with Gasteiger partial charge in [-0.25, -0.2) is 9.97 Å². The summed E-state index contributed by atoms with van der Waals surface area (Å²) in [6.45, 7) is 4.75. The van der Waals surface area contributed by atoms with E-state index in [1.807, 2.05) is 42.6 Å². The lowest BCUT2D eigenvalue weighted by Gasteiger charge is -2.37. The SMILES string of the molecule is COc1ncn2cc(C[C@@H]3CCCCN3C(=O)C3N=C(C)SC3c3ccccc3)nc2c1C. The number of likely N-dealkylation sites (tertiary alicyclic amines) is 1. The van der Waals surface area contributed by atoms with Gasteiger partial charge in [-0.3, -0.25) is 14.2 Å². The maximum Gasteiger partial charge on any atom is 0.249 e. The topological polar surface area (TPSA) is 72.1 Å². The molecule has 3 atom stereocenters. The number of thioether (sulfide) groups is 1. The van der Waals surface area contributed by atoms with Crippen molar-refractivity contribution in [3.8, 4) is 5.88 Å². The number of carbonyl (C=O) groups excluding carboxylic acids is 1. The highest BCUT2D eigenvalue weighted by atomic mass is 32.2. The Morgan fingerprint density at radius 2 is 2.03 bits per heavy atom. The number of hydrogen-bond donors (Lipinski definition) is 0. The molecule has 1 amide bonds. The molecule has 2 aliphatic heterocycles. The summed E-state index contributed by atoms with van der Waals surface area (Å²) in [5.41, 5.74) is 3.90. The van der Waals surface area contributed by atoms with Crippen LogP contribution in [0.3, 0.4) is 0 Å². The van der Waals surface area contributed by atoms with Crippen molar-refractivity contribution in [3.63, 3.8) is 0 Å². The van der Waals surface area contributed by atoms with Crippen molar-refractivity contribution in [2.75, 3.05) is 13.7 Å². The Labute approximate surface area is 198 Å². The molecular weight excluding hydrogens is 434 g/mol. The molecule has 2 aliphatic rings. The van der Waals surface area contributed by atoms with E-state index >= 15 is 0 Å². The average Bonchev–Trinajstić information content (AvgIpc) is 3.43. The third-order valence-corrected chi connectivity index (χ3v) is 7.80. The fourth-order valence-electron chi connectivity index (χ4n) is 4.96. The standard InChI is InChI=1S/C25H29N5O2S/c1-16-23-28-19(14-29(23)15-26-24(16)32-3)13-20-11-7-8-12-30(20)25(31)21-22(33-17(2)27-21)18-9-5-4-6-10-18/h4-6,9-10,14-15,20-22H,7-8,11-13H2,1-3H3/t20-,21?,22?/m0/s1. The van der Waals surface area contributed by atoms with Crippen LogP contribution in [-0.2, 0) is 11.2 Å². The molecule has 3 aromatic rings. The predicted molar refractivity (Wildman–Crippen MR) is 131 cm³/mol. The van der Waals surface area contributed by atoms with Gasteiger partial charge in [0.1, 0.15) is 18.0 Å². The van der Waals surface area contributed by atoms with Gasteiger partial charge in [-0.1, -0.05) is 30.3 Å². The van der Waals surface area contributed by atoms with Gasteiger partial charge < -0.3 is 9.64 Å². The first-order chi connectivity index (χ1) is 16.0. The summed E-state index contributed by atoms with van der Waals surface area (Å²) in [6.07, 6.45) is 7.63. The van der Waals surface area contributed by atoms with Crippen LogP contribution >= 0.6 is 11.8 Å². The molecule has 1 aromatic carbocycles. The van der Waals surface area contributed by atoms with Crippen molar-refractivity contribution >= 4 is 28.4 Å². The van der Waals surface area contributed by atoms with Crippen molar-refractivity contribution in [1.29, 1.82) is 0 Å². The number of ether oxygens (including phenoxy) is 1. The highest BCUT2D eigenvalue weighted by molar-refractivity contribution is 8.14. The maximum absolute atomic E-state index is 13.8. The molecule has 0 radical (unpaired) electrons. The fraction of sp³-hybridized carbons (Fsp3) is 0.440. The van der Waals surface area contributed by atoms with E-state index in [9.17, 15) is 4.79 Å². The van der Waals surface area contributed by atoms with E-state index in [2.05, 4.69) is 22.0 Å². The van der Waals surface area contributed by atoms with E-state index in [0.29, 0.717) is 5.88 Å². The zero-order chi connectivity index (χ0) is 22.9. The molecule has 0 saturated carbocycles. The number of piperidine rings is 1. The quantitative estimate of drug-likeness (QED) is 0.566. The molecule has 8 heteroatoms. The van der Waals surface area contributed by atoms with Crippen LogP contribution in [-0.4, -0.2) is 56.0 Å². The fourth-order valence-corrected chi connectivity index (χ4v) is 6.10. The largest absolute Gasteiger partial charge is 0.481 e. The zero-order valence-electron chi connectivity index (χ0n) is 19.3. The lowest BCUT2D eigenvalue weighted by atomic mass is 9.96. The number of rotatable bonds is 5. The van der Waals surface area contributed by atoms with Crippen LogP contribution in [0.1, 0.15) is 48.3 Å². The molecule has 0 spiro atoms. The molecule has 0 bridgehead atoms. The second kappa shape index (κ2) is 9.17. The first kappa shape index (κ1) is 21.9. The number of methoxy groups -OCH3 is 1. The monoisotopic (exact) mass is 463 g/mol. The van der Waals surface area contributed by atoms with Crippen molar-refractivity contribution in [2.24, 2.45) is 4.99 Å². The Hall–Kier alpha value is -2.87. The van der Waals surface area contributed by atoms with Crippen LogP contribution in [0, 0.1) is 6.92 Å². The first-order valence-corrected chi connectivity index (χ1v) is 12.4. The number of amides is 1. The number of carbonyl (C=O) groups is 1. The van der Waals surface area contributed by atoms with Crippen LogP contribution in [0.25, 0.3) is 5.65 Å². The van der Waals surface area contributed by atoms with E-state index in [0.717, 1.165) is 59.7 Å². The molecule has 172 valence electrons. The minimum absolute atomic E-state index is 0.0395. The van der Waals surface area contributed by atoms with E-state index in [-0.39, 0.29) is 23.2 Å². The number of imidazole rings is 1. The number of aliphatic imine (C=N–C) groups is 1. The number of aryl methyl sites for hydroxylation is 1. The molecular formula is C25H29N5O2S. The number of aromatic nitrogens is 3. The molecule has 1 fully saturated rings. The molecule has 4 heterocycles. The van der Waals surface area contributed by atoms with Gasteiger partial charge >= 0.3 is 0 Å². The molecule has 5 rings (SSSR count). The molecule has 7 nitrogen and oxygen atoms in total. The van der Waals surface area contributed by atoms with E-state index in [1.54, 1.807) is 25.2 Å². The maximum atomic E-state index is 13.8. The molecule has 0 N–H and O–H groups in total. The second-order valence-corrected chi connectivity index (χ2v) is 10.1. The summed E-state index contributed by atoms with van der Waals surface area (Å²) in [5.74, 6) is 0.731. The molecule has 2 unspecified atom stereocenters. The number of fused-ring (bicyclic) bond motifs is 1. The zero-order valence-corrected chi connectivity index (χ0v) is 20.1. The van der Waals surface area contributed by atoms with Crippen LogP contribution in [0.15, 0.2) is 47.8 Å². The summed E-state index contributed by atoms with van der Waals surface area (Å²) in [7, 11) is 1.62. The van der Waals surface area contributed by atoms with E-state index in [1.165, 1.54) is 0 Å². The Morgan fingerprint density at radius 1 is 1.21 bits per heavy atom. The summed E-state index contributed by atoms with van der Waals surface area (Å²) in [6, 6.07) is 10.0. The summed E-state index contributed by atoms with van der Waals surface area (Å²) in [4.78, 5) is 29.8. The van der Waals surface area contributed by atoms with Crippen molar-refractivity contribution < 1.29 is 9.53 Å². The lowest BCUT2D eigenvalue weighted by Crippen LogP contribution is -2.49. The minimum Gasteiger partial charge on any atom is -0.481 e. The normalized spacial score (nSPS) is 23.1. The Balaban J connectivity index is 1.39. The highest BCUT2D eigenvalue weighted by Gasteiger charge is 2.40.